The molecule has 5 heteroatoms. The molecular weight excluding hydrogens is 300 g/mol. The maximum atomic E-state index is 12.6. The lowest BCUT2D eigenvalue weighted by molar-refractivity contribution is 0.102. The van der Waals surface area contributed by atoms with Gasteiger partial charge < -0.3 is 5.32 Å². The molecule has 1 amide bonds. The standard InChI is InChI=1S/C19H12N4O/c24-19-12-6-5-9-14-17(12)23(16-10-2-1-7-13(16)22-19)18(21-14)15-8-3-4-11-20-15/h1-11H,(H,22,24). The molecule has 24 heavy (non-hydrogen) atoms. The van der Waals surface area contributed by atoms with Crippen molar-refractivity contribution in [2.24, 2.45) is 0 Å². The van der Waals surface area contributed by atoms with E-state index in [0.717, 1.165) is 33.9 Å². The van der Waals surface area contributed by atoms with Crippen LogP contribution < -0.4 is 5.32 Å². The third-order valence-corrected chi connectivity index (χ3v) is 4.21. The predicted molar refractivity (Wildman–Crippen MR) is 92.3 cm³/mol. The Labute approximate surface area is 137 Å². The minimum absolute atomic E-state index is 0.126. The second-order valence-electron chi connectivity index (χ2n) is 5.63. The summed E-state index contributed by atoms with van der Waals surface area (Å²) >= 11 is 0. The number of benzene rings is 2. The van der Waals surface area contributed by atoms with E-state index in [1.165, 1.54) is 0 Å². The maximum absolute atomic E-state index is 12.6. The van der Waals surface area contributed by atoms with Crippen LogP contribution in [0.25, 0.3) is 28.2 Å². The number of hydrogen-bond donors (Lipinski definition) is 1. The van der Waals surface area contributed by atoms with Gasteiger partial charge in [-0.1, -0.05) is 24.3 Å². The van der Waals surface area contributed by atoms with Crippen LogP contribution in [0.4, 0.5) is 5.69 Å². The van der Waals surface area contributed by atoms with Gasteiger partial charge in [-0.2, -0.15) is 0 Å². The topological polar surface area (TPSA) is 59.8 Å². The van der Waals surface area contributed by atoms with Crippen LogP contribution in [-0.4, -0.2) is 20.4 Å². The highest BCUT2D eigenvalue weighted by Gasteiger charge is 2.25. The zero-order valence-electron chi connectivity index (χ0n) is 12.6. The smallest absolute Gasteiger partial charge is 0.257 e. The first kappa shape index (κ1) is 13.0. The Morgan fingerprint density at radius 2 is 1.79 bits per heavy atom. The van der Waals surface area contributed by atoms with Crippen molar-refractivity contribution in [2.45, 2.75) is 0 Å². The van der Waals surface area contributed by atoms with Crippen LogP contribution in [0.2, 0.25) is 0 Å². The molecule has 2 aromatic heterocycles. The van der Waals surface area contributed by atoms with Gasteiger partial charge >= 0.3 is 0 Å². The molecule has 0 bridgehead atoms. The Morgan fingerprint density at radius 3 is 2.67 bits per heavy atom. The molecule has 0 saturated carbocycles. The highest BCUT2D eigenvalue weighted by atomic mass is 16.1. The molecular formula is C19H12N4O. The Kier molecular flexibility index (Phi) is 2.58. The third kappa shape index (κ3) is 1.72. The van der Waals surface area contributed by atoms with Crippen molar-refractivity contribution in [1.29, 1.82) is 0 Å². The number of fused-ring (bicyclic) bond motifs is 2. The Bertz CT molecular complexity index is 1100. The largest absolute Gasteiger partial charge is 0.320 e. The van der Waals surface area contributed by atoms with Crippen molar-refractivity contribution in [2.75, 3.05) is 5.32 Å². The summed E-state index contributed by atoms with van der Waals surface area (Å²) in [5.74, 6) is 0.598. The van der Waals surface area contributed by atoms with E-state index in [-0.39, 0.29) is 5.91 Å². The lowest BCUT2D eigenvalue weighted by Crippen LogP contribution is -2.10. The molecule has 5 rings (SSSR count). The number of aromatic nitrogens is 3. The molecule has 1 aliphatic rings. The quantitative estimate of drug-likeness (QED) is 0.583. The highest BCUT2D eigenvalue weighted by molar-refractivity contribution is 6.14. The lowest BCUT2D eigenvalue weighted by atomic mass is 10.1. The molecule has 0 atom stereocenters. The Hall–Kier alpha value is -3.47. The summed E-state index contributed by atoms with van der Waals surface area (Å²) in [5.41, 5.74) is 4.61. The number of anilines is 1. The van der Waals surface area contributed by atoms with Gasteiger partial charge in [0.15, 0.2) is 5.82 Å². The maximum Gasteiger partial charge on any atom is 0.257 e. The first-order chi connectivity index (χ1) is 11.8. The van der Waals surface area contributed by atoms with Crippen molar-refractivity contribution in [3.8, 4) is 17.2 Å². The number of nitrogens with zero attached hydrogens (tertiary/aromatic N) is 3. The zero-order valence-corrected chi connectivity index (χ0v) is 12.6. The minimum Gasteiger partial charge on any atom is -0.320 e. The number of carbonyl (C=O) groups is 1. The number of hydrogen-bond acceptors (Lipinski definition) is 3. The number of carbonyl (C=O) groups excluding carboxylic acids is 1. The SMILES string of the molecule is O=C1Nc2ccccc2-n2c(-c3ccccn3)nc3cccc1c32. The average molecular weight is 312 g/mol. The lowest BCUT2D eigenvalue weighted by Gasteiger charge is -2.11. The van der Waals surface area contributed by atoms with Gasteiger partial charge in [-0.15, -0.1) is 0 Å². The van der Waals surface area contributed by atoms with Gasteiger partial charge in [0.05, 0.1) is 28.0 Å². The monoisotopic (exact) mass is 312 g/mol. The van der Waals surface area contributed by atoms with Crippen LogP contribution in [0.1, 0.15) is 10.4 Å². The second-order valence-corrected chi connectivity index (χ2v) is 5.63. The van der Waals surface area contributed by atoms with Crippen LogP contribution >= 0.6 is 0 Å². The molecule has 0 aliphatic carbocycles. The number of imidazole rings is 1. The average Bonchev–Trinajstić information content (AvgIpc) is 2.96. The number of nitrogens with one attached hydrogen (secondary N) is 1. The second kappa shape index (κ2) is 4.76. The van der Waals surface area contributed by atoms with Gasteiger partial charge in [0.2, 0.25) is 0 Å². The first-order valence-corrected chi connectivity index (χ1v) is 7.66. The summed E-state index contributed by atoms with van der Waals surface area (Å²) in [5, 5.41) is 2.99. The van der Waals surface area contributed by atoms with E-state index < -0.39 is 0 Å². The molecule has 2 aromatic carbocycles. The highest BCUT2D eigenvalue weighted by Crippen LogP contribution is 2.35. The van der Waals surface area contributed by atoms with Crippen molar-refractivity contribution in [3.63, 3.8) is 0 Å². The fourth-order valence-corrected chi connectivity index (χ4v) is 3.18. The molecule has 0 fully saturated rings. The first-order valence-electron chi connectivity index (χ1n) is 7.66. The molecule has 1 N–H and O–H groups in total. The van der Waals surface area contributed by atoms with Gasteiger partial charge in [-0.3, -0.25) is 14.3 Å². The normalized spacial score (nSPS) is 12.6. The van der Waals surface area contributed by atoms with Crippen LogP contribution in [0.15, 0.2) is 66.9 Å². The Morgan fingerprint density at radius 1 is 0.917 bits per heavy atom. The van der Waals surface area contributed by atoms with Crippen LogP contribution in [0, 0.1) is 0 Å². The molecule has 0 unspecified atom stereocenters. The van der Waals surface area contributed by atoms with E-state index >= 15 is 0 Å². The molecule has 4 aromatic rings. The van der Waals surface area contributed by atoms with Gasteiger partial charge in [0.25, 0.3) is 5.91 Å². The fourth-order valence-electron chi connectivity index (χ4n) is 3.18. The van der Waals surface area contributed by atoms with E-state index in [9.17, 15) is 4.79 Å². The molecule has 0 saturated heterocycles. The van der Waals surface area contributed by atoms with Crippen molar-refractivity contribution in [3.05, 3.63) is 72.4 Å². The molecule has 1 aliphatic heterocycles. The molecule has 5 nitrogen and oxygen atoms in total. The summed E-state index contributed by atoms with van der Waals surface area (Å²) in [4.78, 5) is 21.8. The van der Waals surface area contributed by atoms with Crippen LogP contribution in [0.5, 0.6) is 0 Å². The molecule has 3 heterocycles. The number of rotatable bonds is 1. The summed E-state index contributed by atoms with van der Waals surface area (Å²) < 4.78 is 2.01. The third-order valence-electron chi connectivity index (χ3n) is 4.21. The van der Waals surface area contributed by atoms with Gasteiger partial charge in [-0.05, 0) is 36.4 Å². The molecule has 114 valence electrons. The van der Waals surface area contributed by atoms with Crippen molar-refractivity contribution < 1.29 is 4.79 Å². The van der Waals surface area contributed by atoms with Crippen LogP contribution in [-0.2, 0) is 0 Å². The minimum atomic E-state index is -0.126. The van der Waals surface area contributed by atoms with E-state index in [4.69, 9.17) is 4.98 Å². The fraction of sp³-hybridized carbons (Fsp3) is 0. The summed E-state index contributed by atoms with van der Waals surface area (Å²) in [6.07, 6.45) is 1.74. The van der Waals surface area contributed by atoms with E-state index in [1.54, 1.807) is 6.20 Å². The summed E-state index contributed by atoms with van der Waals surface area (Å²) in [7, 11) is 0. The van der Waals surface area contributed by atoms with E-state index in [2.05, 4.69) is 10.3 Å². The molecule has 0 spiro atoms. The van der Waals surface area contributed by atoms with Gasteiger partial charge in [-0.25, -0.2) is 4.98 Å². The van der Waals surface area contributed by atoms with Crippen LogP contribution in [0.3, 0.4) is 0 Å². The summed E-state index contributed by atoms with van der Waals surface area (Å²) in [6, 6.07) is 19.1. The molecule has 0 radical (unpaired) electrons. The predicted octanol–water partition coefficient (Wildman–Crippen LogP) is 3.65. The van der Waals surface area contributed by atoms with E-state index in [1.807, 2.05) is 65.2 Å². The number of para-hydroxylation sites is 3. The zero-order chi connectivity index (χ0) is 16.1. The van der Waals surface area contributed by atoms with Gasteiger partial charge in [0, 0.05) is 6.20 Å². The number of amides is 1. The Balaban J connectivity index is 1.98. The van der Waals surface area contributed by atoms with Crippen molar-refractivity contribution >= 4 is 22.6 Å². The van der Waals surface area contributed by atoms with Gasteiger partial charge in [0.1, 0.15) is 5.69 Å². The summed E-state index contributed by atoms with van der Waals surface area (Å²) in [6.45, 7) is 0. The number of pyridine rings is 1. The van der Waals surface area contributed by atoms with E-state index in [0.29, 0.717) is 5.56 Å². The van der Waals surface area contributed by atoms with Crippen molar-refractivity contribution in [1.82, 2.24) is 14.5 Å².